The summed E-state index contributed by atoms with van der Waals surface area (Å²) >= 11 is 0. The maximum atomic E-state index is 5.75. The summed E-state index contributed by atoms with van der Waals surface area (Å²) in [7, 11) is 1.60. The smallest absolute Gasteiger partial charge is 0.266 e. The highest BCUT2D eigenvalue weighted by atomic mass is 16.5. The van der Waals surface area contributed by atoms with E-state index in [2.05, 4.69) is 15.0 Å². The molecule has 3 rings (SSSR count). The highest BCUT2D eigenvalue weighted by molar-refractivity contribution is 5.67. The molecule has 0 spiro atoms. The van der Waals surface area contributed by atoms with E-state index in [0.717, 1.165) is 18.7 Å². The number of nitrogen functional groups attached to an aromatic ring is 1. The van der Waals surface area contributed by atoms with Crippen LogP contribution in [-0.4, -0.2) is 30.3 Å². The number of ether oxygens (including phenoxy) is 1. The van der Waals surface area contributed by atoms with E-state index in [1.54, 1.807) is 19.2 Å². The lowest BCUT2D eigenvalue weighted by Gasteiger charge is -2.24. The zero-order valence-electron chi connectivity index (χ0n) is 11.5. The molecule has 6 nitrogen and oxygen atoms in total. The molecule has 1 aliphatic heterocycles. The van der Waals surface area contributed by atoms with Crippen LogP contribution in [0, 0.1) is 0 Å². The number of aromatic nitrogens is 2. The molecule has 1 aromatic heterocycles. The first-order chi connectivity index (χ1) is 9.78. The van der Waals surface area contributed by atoms with Crippen LogP contribution in [0.3, 0.4) is 0 Å². The van der Waals surface area contributed by atoms with Crippen molar-refractivity contribution < 1.29 is 9.26 Å². The normalized spacial score (nSPS) is 15.3. The first kappa shape index (κ1) is 12.8. The van der Waals surface area contributed by atoms with Crippen LogP contribution < -0.4 is 15.4 Å². The molecule has 0 aliphatic carbocycles. The maximum Gasteiger partial charge on any atom is 0.266 e. The van der Waals surface area contributed by atoms with E-state index in [1.165, 1.54) is 19.3 Å². The molecule has 2 aromatic rings. The van der Waals surface area contributed by atoms with Crippen molar-refractivity contribution in [2.45, 2.75) is 19.3 Å². The third kappa shape index (κ3) is 2.41. The number of rotatable bonds is 3. The Hall–Kier alpha value is -2.24. The van der Waals surface area contributed by atoms with Crippen LogP contribution in [0.25, 0.3) is 11.5 Å². The van der Waals surface area contributed by atoms with Crippen molar-refractivity contribution >= 4 is 11.6 Å². The number of nitrogens with two attached hydrogens (primary N) is 1. The summed E-state index contributed by atoms with van der Waals surface area (Å²) in [6.45, 7) is 1.97. The number of hydrogen-bond acceptors (Lipinski definition) is 6. The van der Waals surface area contributed by atoms with Crippen molar-refractivity contribution in [3.63, 3.8) is 0 Å². The van der Waals surface area contributed by atoms with Gasteiger partial charge in [0.25, 0.3) is 11.8 Å². The van der Waals surface area contributed by atoms with Gasteiger partial charge in [0.05, 0.1) is 12.7 Å². The van der Waals surface area contributed by atoms with E-state index in [1.807, 2.05) is 6.07 Å². The lowest BCUT2D eigenvalue weighted by Crippen LogP contribution is -2.30. The van der Waals surface area contributed by atoms with Crippen LogP contribution in [0.5, 0.6) is 5.75 Å². The summed E-state index contributed by atoms with van der Waals surface area (Å²) in [6.07, 6.45) is 3.62. The molecule has 2 heterocycles. The maximum absolute atomic E-state index is 5.75. The Kier molecular flexibility index (Phi) is 3.45. The van der Waals surface area contributed by atoms with E-state index in [4.69, 9.17) is 15.0 Å². The zero-order valence-corrected chi connectivity index (χ0v) is 11.5. The van der Waals surface area contributed by atoms with Gasteiger partial charge < -0.3 is 19.9 Å². The van der Waals surface area contributed by atoms with Crippen LogP contribution >= 0.6 is 0 Å². The van der Waals surface area contributed by atoms with Gasteiger partial charge in [-0.15, -0.1) is 0 Å². The number of piperidine rings is 1. The molecule has 20 heavy (non-hydrogen) atoms. The standard InChI is InChI=1S/C14H18N4O2/c1-19-12-9-10(15)5-6-11(12)13-16-14(17-20-13)18-7-3-2-4-8-18/h5-6,9H,2-4,7-8,15H2,1H3. The second-order valence-corrected chi connectivity index (χ2v) is 4.91. The fourth-order valence-corrected chi connectivity index (χ4v) is 2.43. The molecule has 1 aromatic carbocycles. The topological polar surface area (TPSA) is 77.4 Å². The van der Waals surface area contributed by atoms with Gasteiger partial charge in [-0.25, -0.2) is 0 Å². The fraction of sp³-hybridized carbons (Fsp3) is 0.429. The largest absolute Gasteiger partial charge is 0.496 e. The summed E-state index contributed by atoms with van der Waals surface area (Å²) in [5.74, 6) is 1.75. The molecule has 0 amide bonds. The Morgan fingerprint density at radius 1 is 1.25 bits per heavy atom. The van der Waals surface area contributed by atoms with Crippen molar-refractivity contribution in [2.24, 2.45) is 0 Å². The van der Waals surface area contributed by atoms with Crippen molar-refractivity contribution in [1.29, 1.82) is 0 Å². The lowest BCUT2D eigenvalue weighted by molar-refractivity contribution is 0.404. The minimum Gasteiger partial charge on any atom is -0.496 e. The molecule has 106 valence electrons. The molecule has 0 atom stereocenters. The average Bonchev–Trinajstić information content (AvgIpc) is 2.97. The molecule has 1 saturated heterocycles. The van der Waals surface area contributed by atoms with Gasteiger partial charge in [-0.05, 0) is 36.6 Å². The van der Waals surface area contributed by atoms with Crippen LogP contribution in [0.15, 0.2) is 22.7 Å². The third-order valence-corrected chi connectivity index (χ3v) is 3.51. The minimum absolute atomic E-state index is 0.461. The van der Waals surface area contributed by atoms with E-state index < -0.39 is 0 Å². The number of methoxy groups -OCH3 is 1. The van der Waals surface area contributed by atoms with E-state index >= 15 is 0 Å². The quantitative estimate of drug-likeness (QED) is 0.865. The first-order valence-corrected chi connectivity index (χ1v) is 6.80. The molecule has 0 bridgehead atoms. The Labute approximate surface area is 117 Å². The fourth-order valence-electron chi connectivity index (χ4n) is 2.43. The molecule has 0 radical (unpaired) electrons. The van der Waals surface area contributed by atoms with Crippen molar-refractivity contribution in [1.82, 2.24) is 10.1 Å². The number of nitrogens with zero attached hydrogens (tertiary/aromatic N) is 3. The van der Waals surface area contributed by atoms with Gasteiger partial charge in [0.15, 0.2) is 0 Å². The molecular weight excluding hydrogens is 256 g/mol. The van der Waals surface area contributed by atoms with Gasteiger partial charge >= 0.3 is 0 Å². The second kappa shape index (κ2) is 5.40. The van der Waals surface area contributed by atoms with Crippen LogP contribution in [-0.2, 0) is 0 Å². The predicted octanol–water partition coefficient (Wildman–Crippen LogP) is 2.32. The van der Waals surface area contributed by atoms with Crippen LogP contribution in [0.4, 0.5) is 11.6 Å². The summed E-state index contributed by atoms with van der Waals surface area (Å²) in [6, 6.07) is 5.38. The Balaban J connectivity index is 1.89. The Bertz CT molecular complexity index is 591. The van der Waals surface area contributed by atoms with Gasteiger partial charge in [-0.3, -0.25) is 0 Å². The molecular formula is C14H18N4O2. The van der Waals surface area contributed by atoms with Gasteiger partial charge in [-0.2, -0.15) is 4.98 Å². The van der Waals surface area contributed by atoms with Crippen LogP contribution in [0.1, 0.15) is 19.3 Å². The Morgan fingerprint density at radius 2 is 2.05 bits per heavy atom. The van der Waals surface area contributed by atoms with Gasteiger partial charge in [0.1, 0.15) is 5.75 Å². The van der Waals surface area contributed by atoms with E-state index in [9.17, 15) is 0 Å². The molecule has 0 unspecified atom stereocenters. The average molecular weight is 274 g/mol. The monoisotopic (exact) mass is 274 g/mol. The number of benzene rings is 1. The number of hydrogen-bond donors (Lipinski definition) is 1. The number of anilines is 2. The lowest BCUT2D eigenvalue weighted by atomic mass is 10.1. The molecule has 0 saturated carbocycles. The molecule has 1 fully saturated rings. The van der Waals surface area contributed by atoms with Crippen molar-refractivity contribution in [3.8, 4) is 17.2 Å². The van der Waals surface area contributed by atoms with Gasteiger partial charge in [0, 0.05) is 24.8 Å². The van der Waals surface area contributed by atoms with Crippen molar-refractivity contribution in [2.75, 3.05) is 30.8 Å². The van der Waals surface area contributed by atoms with Gasteiger partial charge in [0.2, 0.25) is 0 Å². The van der Waals surface area contributed by atoms with Crippen LogP contribution in [0.2, 0.25) is 0 Å². The summed E-state index contributed by atoms with van der Waals surface area (Å²) < 4.78 is 10.7. The minimum atomic E-state index is 0.461. The highest BCUT2D eigenvalue weighted by Gasteiger charge is 2.19. The molecule has 2 N–H and O–H groups in total. The zero-order chi connectivity index (χ0) is 13.9. The highest BCUT2D eigenvalue weighted by Crippen LogP contribution is 2.31. The van der Waals surface area contributed by atoms with Crippen molar-refractivity contribution in [3.05, 3.63) is 18.2 Å². The second-order valence-electron chi connectivity index (χ2n) is 4.91. The SMILES string of the molecule is COc1cc(N)ccc1-c1nc(N2CCCCC2)no1. The van der Waals surface area contributed by atoms with Gasteiger partial charge in [-0.1, -0.05) is 0 Å². The summed E-state index contributed by atoms with van der Waals surface area (Å²) in [4.78, 5) is 6.62. The first-order valence-electron chi connectivity index (χ1n) is 6.80. The summed E-state index contributed by atoms with van der Waals surface area (Å²) in [5.41, 5.74) is 7.15. The Morgan fingerprint density at radius 3 is 2.80 bits per heavy atom. The predicted molar refractivity (Wildman–Crippen MR) is 76.8 cm³/mol. The summed E-state index contributed by atoms with van der Waals surface area (Å²) in [5, 5.41) is 4.07. The van der Waals surface area contributed by atoms with E-state index in [0.29, 0.717) is 23.3 Å². The third-order valence-electron chi connectivity index (χ3n) is 3.51. The van der Waals surface area contributed by atoms with E-state index in [-0.39, 0.29) is 0 Å². The molecule has 1 aliphatic rings. The molecule has 6 heteroatoms.